The minimum atomic E-state index is -0.657. The highest BCUT2D eigenvalue weighted by molar-refractivity contribution is 7.98. The fraction of sp³-hybridized carbons (Fsp3) is 0.500. The molecule has 0 aliphatic heterocycles. The van der Waals surface area contributed by atoms with Gasteiger partial charge in [-0.15, -0.1) is 0 Å². The van der Waals surface area contributed by atoms with E-state index >= 15 is 0 Å². The second-order valence-corrected chi connectivity index (χ2v) is 5.83. The van der Waals surface area contributed by atoms with E-state index < -0.39 is 5.54 Å². The Morgan fingerprint density at radius 1 is 1.47 bits per heavy atom. The molecule has 0 radical (unpaired) electrons. The van der Waals surface area contributed by atoms with Gasteiger partial charge in [0, 0.05) is 16.5 Å². The molecular formula is C14H20ClNO2S. The van der Waals surface area contributed by atoms with E-state index in [0.717, 1.165) is 22.9 Å². The highest BCUT2D eigenvalue weighted by Gasteiger charge is 2.33. The molecule has 1 atom stereocenters. The largest absolute Gasteiger partial charge is 0.468 e. The summed E-state index contributed by atoms with van der Waals surface area (Å²) < 4.78 is 4.85. The number of esters is 1. The van der Waals surface area contributed by atoms with Gasteiger partial charge in [-0.25, -0.2) is 0 Å². The van der Waals surface area contributed by atoms with Crippen LogP contribution in [0.1, 0.15) is 19.4 Å². The molecule has 106 valence electrons. The van der Waals surface area contributed by atoms with E-state index in [-0.39, 0.29) is 5.97 Å². The van der Waals surface area contributed by atoms with Crippen LogP contribution in [0.25, 0.3) is 0 Å². The Kier molecular flexibility index (Phi) is 6.69. The Bertz CT molecular complexity index is 428. The van der Waals surface area contributed by atoms with Crippen LogP contribution in [0.3, 0.4) is 0 Å². The number of methoxy groups -OCH3 is 1. The van der Waals surface area contributed by atoms with Crippen molar-refractivity contribution in [1.82, 2.24) is 5.32 Å². The number of halogens is 1. The van der Waals surface area contributed by atoms with Gasteiger partial charge >= 0.3 is 5.97 Å². The SMILES string of the molecule is CCNC(C)(CSCc1ccccc1Cl)C(=O)OC. The second-order valence-electron chi connectivity index (χ2n) is 4.44. The van der Waals surface area contributed by atoms with E-state index in [4.69, 9.17) is 16.3 Å². The molecule has 19 heavy (non-hydrogen) atoms. The van der Waals surface area contributed by atoms with Gasteiger partial charge in [-0.3, -0.25) is 4.79 Å². The first-order chi connectivity index (χ1) is 9.03. The predicted molar refractivity (Wildman–Crippen MR) is 81.7 cm³/mol. The summed E-state index contributed by atoms with van der Waals surface area (Å²) in [5.74, 6) is 1.18. The molecule has 0 amide bonds. The zero-order valence-electron chi connectivity index (χ0n) is 11.5. The number of thioether (sulfide) groups is 1. The van der Waals surface area contributed by atoms with Crippen molar-refractivity contribution < 1.29 is 9.53 Å². The van der Waals surface area contributed by atoms with Gasteiger partial charge in [0.05, 0.1) is 7.11 Å². The van der Waals surface area contributed by atoms with Gasteiger partial charge in [-0.1, -0.05) is 36.7 Å². The number of likely N-dealkylation sites (N-methyl/N-ethyl adjacent to an activating group) is 1. The van der Waals surface area contributed by atoms with Crippen LogP contribution in [0, 0.1) is 0 Å². The fourth-order valence-corrected chi connectivity index (χ4v) is 3.26. The molecule has 1 N–H and O–H groups in total. The van der Waals surface area contributed by atoms with Crippen molar-refractivity contribution in [3.63, 3.8) is 0 Å². The van der Waals surface area contributed by atoms with Gasteiger partial charge in [0.2, 0.25) is 0 Å². The first-order valence-electron chi connectivity index (χ1n) is 6.18. The van der Waals surface area contributed by atoms with Crippen LogP contribution < -0.4 is 5.32 Å². The fourth-order valence-electron chi connectivity index (χ4n) is 1.78. The molecule has 0 aromatic heterocycles. The standard InChI is InChI=1S/C14H20ClNO2S/c1-4-16-14(2,13(17)18-3)10-19-9-11-7-5-6-8-12(11)15/h5-8,16H,4,9-10H2,1-3H3. The van der Waals surface area contributed by atoms with E-state index in [1.54, 1.807) is 11.8 Å². The molecule has 0 saturated heterocycles. The molecule has 0 bridgehead atoms. The van der Waals surface area contributed by atoms with Crippen molar-refractivity contribution in [2.24, 2.45) is 0 Å². The van der Waals surface area contributed by atoms with Crippen LogP contribution in [0.5, 0.6) is 0 Å². The van der Waals surface area contributed by atoms with E-state index in [2.05, 4.69) is 5.32 Å². The molecule has 0 heterocycles. The van der Waals surface area contributed by atoms with Gasteiger partial charge in [0.1, 0.15) is 5.54 Å². The Balaban J connectivity index is 2.58. The minimum absolute atomic E-state index is 0.235. The molecular weight excluding hydrogens is 282 g/mol. The molecule has 0 saturated carbocycles. The molecule has 1 aromatic carbocycles. The zero-order valence-corrected chi connectivity index (χ0v) is 13.1. The third kappa shape index (κ3) is 4.71. The zero-order chi connectivity index (χ0) is 14.3. The average molecular weight is 302 g/mol. The van der Waals surface area contributed by atoms with Crippen LogP contribution >= 0.6 is 23.4 Å². The van der Waals surface area contributed by atoms with Gasteiger partial charge in [-0.05, 0) is 25.1 Å². The summed E-state index contributed by atoms with van der Waals surface area (Å²) in [6.45, 7) is 4.56. The normalized spacial score (nSPS) is 13.9. The van der Waals surface area contributed by atoms with Crippen molar-refractivity contribution in [3.8, 4) is 0 Å². The number of rotatable bonds is 7. The maximum atomic E-state index is 11.8. The van der Waals surface area contributed by atoms with Crippen LogP contribution in [0.2, 0.25) is 5.02 Å². The van der Waals surface area contributed by atoms with Gasteiger partial charge < -0.3 is 10.1 Å². The smallest absolute Gasteiger partial charge is 0.326 e. The lowest BCUT2D eigenvalue weighted by Crippen LogP contribution is -2.52. The number of carbonyl (C=O) groups is 1. The Labute approximate surface area is 124 Å². The Hall–Kier alpha value is -0.710. The molecule has 0 spiro atoms. The molecule has 1 unspecified atom stereocenters. The third-order valence-electron chi connectivity index (χ3n) is 2.81. The Morgan fingerprint density at radius 3 is 2.74 bits per heavy atom. The summed E-state index contributed by atoms with van der Waals surface area (Å²) >= 11 is 7.77. The maximum absolute atomic E-state index is 11.8. The molecule has 3 nitrogen and oxygen atoms in total. The van der Waals surface area contributed by atoms with Crippen LogP contribution in [0.15, 0.2) is 24.3 Å². The van der Waals surface area contributed by atoms with Crippen molar-refractivity contribution in [2.75, 3.05) is 19.4 Å². The number of benzene rings is 1. The summed E-state index contributed by atoms with van der Waals surface area (Å²) in [5, 5.41) is 3.94. The van der Waals surface area contributed by atoms with Crippen molar-refractivity contribution in [2.45, 2.75) is 25.1 Å². The molecule has 0 fully saturated rings. The lowest BCUT2D eigenvalue weighted by atomic mass is 10.1. The first kappa shape index (κ1) is 16.3. The Morgan fingerprint density at radius 2 is 2.16 bits per heavy atom. The maximum Gasteiger partial charge on any atom is 0.326 e. The van der Waals surface area contributed by atoms with Crippen LogP contribution in [0.4, 0.5) is 0 Å². The van der Waals surface area contributed by atoms with Gasteiger partial charge in [0.15, 0.2) is 0 Å². The van der Waals surface area contributed by atoms with E-state index in [1.807, 2.05) is 38.1 Å². The molecule has 0 aliphatic rings. The lowest BCUT2D eigenvalue weighted by molar-refractivity contribution is -0.146. The number of ether oxygens (including phenoxy) is 1. The number of hydrogen-bond acceptors (Lipinski definition) is 4. The molecule has 0 aliphatic carbocycles. The van der Waals surface area contributed by atoms with Gasteiger partial charge in [-0.2, -0.15) is 11.8 Å². The summed E-state index contributed by atoms with van der Waals surface area (Å²) in [6, 6.07) is 7.75. The topological polar surface area (TPSA) is 38.3 Å². The lowest BCUT2D eigenvalue weighted by Gasteiger charge is -2.27. The minimum Gasteiger partial charge on any atom is -0.468 e. The van der Waals surface area contributed by atoms with Crippen molar-refractivity contribution in [1.29, 1.82) is 0 Å². The molecule has 1 rings (SSSR count). The summed E-state index contributed by atoms with van der Waals surface area (Å²) in [7, 11) is 1.41. The van der Waals surface area contributed by atoms with Crippen LogP contribution in [-0.4, -0.2) is 30.9 Å². The quantitative estimate of drug-likeness (QED) is 0.785. The van der Waals surface area contributed by atoms with E-state index in [9.17, 15) is 4.79 Å². The van der Waals surface area contributed by atoms with Crippen molar-refractivity contribution in [3.05, 3.63) is 34.9 Å². The number of hydrogen-bond donors (Lipinski definition) is 1. The van der Waals surface area contributed by atoms with Crippen LogP contribution in [-0.2, 0) is 15.3 Å². The number of carbonyl (C=O) groups excluding carboxylic acids is 1. The highest BCUT2D eigenvalue weighted by Crippen LogP contribution is 2.23. The van der Waals surface area contributed by atoms with Gasteiger partial charge in [0.25, 0.3) is 0 Å². The highest BCUT2D eigenvalue weighted by atomic mass is 35.5. The summed E-state index contributed by atoms with van der Waals surface area (Å²) in [4.78, 5) is 11.8. The van der Waals surface area contributed by atoms with Crippen molar-refractivity contribution >= 4 is 29.3 Å². The number of nitrogens with one attached hydrogen (secondary N) is 1. The van der Waals surface area contributed by atoms with E-state index in [1.165, 1.54) is 7.11 Å². The second kappa shape index (κ2) is 7.78. The summed E-state index contributed by atoms with van der Waals surface area (Å²) in [6.07, 6.45) is 0. The third-order valence-corrected chi connectivity index (χ3v) is 4.47. The molecule has 1 aromatic rings. The first-order valence-corrected chi connectivity index (χ1v) is 7.71. The van der Waals surface area contributed by atoms with E-state index in [0.29, 0.717) is 5.75 Å². The predicted octanol–water partition coefficient (Wildman–Crippen LogP) is 3.11. The average Bonchev–Trinajstić information content (AvgIpc) is 2.40. The summed E-state index contributed by atoms with van der Waals surface area (Å²) in [5.41, 5.74) is 0.424. The monoisotopic (exact) mass is 301 g/mol. The molecule has 5 heteroatoms.